The number of nitrogens with zero attached hydrogens (tertiary/aromatic N) is 1. The Balaban J connectivity index is 1.92. The van der Waals surface area contributed by atoms with Gasteiger partial charge in [-0.15, -0.1) is 0 Å². The highest BCUT2D eigenvalue weighted by molar-refractivity contribution is 5.00. The Bertz CT molecular complexity index is 229. The summed E-state index contributed by atoms with van der Waals surface area (Å²) in [6.07, 6.45) is 11.5. The van der Waals surface area contributed by atoms with Crippen molar-refractivity contribution in [1.82, 2.24) is 10.2 Å². The van der Waals surface area contributed by atoms with Crippen molar-refractivity contribution in [3.8, 4) is 0 Å². The molecule has 1 N–H and O–H groups in total. The summed E-state index contributed by atoms with van der Waals surface area (Å²) in [6, 6.07) is 2.09. The Morgan fingerprint density at radius 3 is 2.75 bits per heavy atom. The first-order valence-corrected chi connectivity index (χ1v) is 6.93. The van der Waals surface area contributed by atoms with Gasteiger partial charge in [0.05, 0.1) is 0 Å². The third kappa shape index (κ3) is 3.08. The summed E-state index contributed by atoms with van der Waals surface area (Å²) in [7, 11) is 0. The third-order valence-corrected chi connectivity index (χ3v) is 3.91. The molecule has 0 spiro atoms. The first-order valence-electron chi connectivity index (χ1n) is 6.93. The number of hydrogen-bond acceptors (Lipinski definition) is 2. The molecule has 1 aliphatic heterocycles. The van der Waals surface area contributed by atoms with Crippen LogP contribution in [0.25, 0.3) is 0 Å². The van der Waals surface area contributed by atoms with Crippen LogP contribution in [0.3, 0.4) is 0 Å². The first-order chi connectivity index (χ1) is 7.77. The van der Waals surface area contributed by atoms with Crippen LogP contribution in [0.1, 0.15) is 46.0 Å². The van der Waals surface area contributed by atoms with Gasteiger partial charge in [-0.3, -0.25) is 4.90 Å². The molecule has 0 aromatic carbocycles. The van der Waals surface area contributed by atoms with Crippen molar-refractivity contribution in [3.05, 3.63) is 12.2 Å². The monoisotopic (exact) mass is 222 g/mol. The molecule has 0 radical (unpaired) electrons. The minimum atomic E-state index is 0.662. The lowest BCUT2D eigenvalue weighted by Gasteiger charge is -2.36. The maximum absolute atomic E-state index is 3.62. The lowest BCUT2D eigenvalue weighted by Crippen LogP contribution is -2.46. The Kier molecular flexibility index (Phi) is 4.42. The standard InChI is InChI=1S/C14H26N2/c1-12(2)16(11-13-7-6-10-15-13)14-8-4-3-5-9-14/h4,8,12-15H,3,5-7,9-11H2,1-2H3. The molecule has 2 aliphatic rings. The molecule has 0 aromatic rings. The summed E-state index contributed by atoms with van der Waals surface area (Å²) >= 11 is 0. The smallest absolute Gasteiger partial charge is 0.0281 e. The molecule has 1 fully saturated rings. The predicted molar refractivity (Wildman–Crippen MR) is 69.6 cm³/mol. The van der Waals surface area contributed by atoms with Crippen LogP contribution >= 0.6 is 0 Å². The van der Waals surface area contributed by atoms with Gasteiger partial charge in [0.15, 0.2) is 0 Å². The van der Waals surface area contributed by atoms with E-state index in [1.165, 1.54) is 45.2 Å². The van der Waals surface area contributed by atoms with Crippen molar-refractivity contribution >= 4 is 0 Å². The maximum Gasteiger partial charge on any atom is 0.0281 e. The molecule has 2 nitrogen and oxygen atoms in total. The lowest BCUT2D eigenvalue weighted by atomic mass is 9.99. The molecule has 0 saturated carbocycles. The second-order valence-electron chi connectivity index (χ2n) is 5.51. The minimum absolute atomic E-state index is 0.662. The number of rotatable bonds is 4. The summed E-state index contributed by atoms with van der Waals surface area (Å²) in [5.74, 6) is 0. The average Bonchev–Trinajstić information content (AvgIpc) is 2.79. The normalized spacial score (nSPS) is 30.5. The molecule has 2 unspecified atom stereocenters. The van der Waals surface area contributed by atoms with E-state index in [0.29, 0.717) is 12.1 Å². The van der Waals surface area contributed by atoms with Crippen LogP contribution in [0.2, 0.25) is 0 Å². The van der Waals surface area contributed by atoms with Gasteiger partial charge in [0.2, 0.25) is 0 Å². The van der Waals surface area contributed by atoms with E-state index < -0.39 is 0 Å². The van der Waals surface area contributed by atoms with E-state index in [1.54, 1.807) is 0 Å². The van der Waals surface area contributed by atoms with Crippen LogP contribution in [0.4, 0.5) is 0 Å². The van der Waals surface area contributed by atoms with Gasteiger partial charge in [0, 0.05) is 24.7 Å². The van der Waals surface area contributed by atoms with Crippen molar-refractivity contribution in [1.29, 1.82) is 0 Å². The molecule has 2 atom stereocenters. The number of hydrogen-bond donors (Lipinski definition) is 1. The van der Waals surface area contributed by atoms with Gasteiger partial charge in [0.1, 0.15) is 0 Å². The SMILES string of the molecule is CC(C)N(CC1CCCN1)C1C=CCCC1. The summed E-state index contributed by atoms with van der Waals surface area (Å²) < 4.78 is 0. The van der Waals surface area contributed by atoms with E-state index in [9.17, 15) is 0 Å². The molecule has 0 aromatic heterocycles. The molecule has 0 bridgehead atoms. The van der Waals surface area contributed by atoms with Crippen molar-refractivity contribution in [2.75, 3.05) is 13.1 Å². The molecule has 1 saturated heterocycles. The van der Waals surface area contributed by atoms with E-state index in [2.05, 4.69) is 36.2 Å². The van der Waals surface area contributed by atoms with Crippen LogP contribution in [-0.2, 0) is 0 Å². The molecule has 2 rings (SSSR count). The van der Waals surface area contributed by atoms with Crippen molar-refractivity contribution < 1.29 is 0 Å². The van der Waals surface area contributed by atoms with Crippen molar-refractivity contribution in [2.24, 2.45) is 0 Å². The zero-order valence-corrected chi connectivity index (χ0v) is 10.8. The quantitative estimate of drug-likeness (QED) is 0.735. The van der Waals surface area contributed by atoms with Gasteiger partial charge in [-0.05, 0) is 52.5 Å². The molecule has 0 amide bonds. The number of allylic oxidation sites excluding steroid dienone is 1. The largest absolute Gasteiger partial charge is 0.313 e. The van der Waals surface area contributed by atoms with E-state index in [-0.39, 0.29) is 0 Å². The van der Waals surface area contributed by atoms with Gasteiger partial charge >= 0.3 is 0 Å². The van der Waals surface area contributed by atoms with Gasteiger partial charge in [-0.25, -0.2) is 0 Å². The topological polar surface area (TPSA) is 15.3 Å². The van der Waals surface area contributed by atoms with E-state index >= 15 is 0 Å². The van der Waals surface area contributed by atoms with Crippen LogP contribution in [0, 0.1) is 0 Å². The maximum atomic E-state index is 3.62. The summed E-state index contributed by atoms with van der Waals surface area (Å²) in [4.78, 5) is 2.68. The summed E-state index contributed by atoms with van der Waals surface area (Å²) in [5.41, 5.74) is 0. The second kappa shape index (κ2) is 5.83. The van der Waals surface area contributed by atoms with E-state index in [0.717, 1.165) is 6.04 Å². The van der Waals surface area contributed by atoms with Gasteiger partial charge in [-0.2, -0.15) is 0 Å². The summed E-state index contributed by atoms with van der Waals surface area (Å²) in [6.45, 7) is 7.11. The van der Waals surface area contributed by atoms with Crippen molar-refractivity contribution in [3.63, 3.8) is 0 Å². The fraction of sp³-hybridized carbons (Fsp3) is 0.857. The van der Waals surface area contributed by atoms with Crippen LogP contribution in [0.5, 0.6) is 0 Å². The molecular formula is C14H26N2. The Morgan fingerprint density at radius 2 is 2.19 bits per heavy atom. The van der Waals surface area contributed by atoms with Crippen molar-refractivity contribution in [2.45, 2.75) is 64.1 Å². The van der Waals surface area contributed by atoms with Crippen LogP contribution in [0.15, 0.2) is 12.2 Å². The molecule has 1 heterocycles. The number of nitrogens with one attached hydrogen (secondary N) is 1. The molecule has 2 heteroatoms. The summed E-state index contributed by atoms with van der Waals surface area (Å²) in [5, 5.41) is 3.62. The highest BCUT2D eigenvalue weighted by atomic mass is 15.2. The molecular weight excluding hydrogens is 196 g/mol. The molecule has 16 heavy (non-hydrogen) atoms. The van der Waals surface area contributed by atoms with E-state index in [1.807, 2.05) is 0 Å². The van der Waals surface area contributed by atoms with Crippen LogP contribution < -0.4 is 5.32 Å². The minimum Gasteiger partial charge on any atom is -0.313 e. The van der Waals surface area contributed by atoms with E-state index in [4.69, 9.17) is 0 Å². The molecule has 1 aliphatic carbocycles. The van der Waals surface area contributed by atoms with Gasteiger partial charge in [-0.1, -0.05) is 12.2 Å². The Labute approximate surface area is 100 Å². The highest BCUT2D eigenvalue weighted by Gasteiger charge is 2.24. The van der Waals surface area contributed by atoms with Gasteiger partial charge < -0.3 is 5.32 Å². The fourth-order valence-electron chi connectivity index (χ4n) is 2.97. The third-order valence-electron chi connectivity index (χ3n) is 3.91. The average molecular weight is 222 g/mol. The zero-order valence-electron chi connectivity index (χ0n) is 10.8. The Morgan fingerprint density at radius 1 is 1.31 bits per heavy atom. The Hall–Kier alpha value is -0.340. The van der Waals surface area contributed by atoms with Crippen LogP contribution in [-0.4, -0.2) is 36.1 Å². The highest BCUT2D eigenvalue weighted by Crippen LogP contribution is 2.20. The molecule has 92 valence electrons. The zero-order chi connectivity index (χ0) is 11.4. The second-order valence-corrected chi connectivity index (χ2v) is 5.51. The predicted octanol–water partition coefficient (Wildman–Crippen LogP) is 2.56. The fourth-order valence-corrected chi connectivity index (χ4v) is 2.97. The lowest BCUT2D eigenvalue weighted by molar-refractivity contribution is 0.155. The van der Waals surface area contributed by atoms with Gasteiger partial charge in [0.25, 0.3) is 0 Å². The first kappa shape index (κ1) is 12.1.